The van der Waals surface area contributed by atoms with Gasteiger partial charge in [0.05, 0.1) is 5.39 Å². The maximum Gasteiger partial charge on any atom is 0.140 e. The number of aromatic amines is 1. The minimum Gasteiger partial charge on any atom is -0.346 e. The second-order valence-electron chi connectivity index (χ2n) is 2.50. The predicted molar refractivity (Wildman–Crippen MR) is 52.1 cm³/mol. The molecule has 0 bridgehead atoms. The van der Waals surface area contributed by atoms with Crippen molar-refractivity contribution >= 4 is 11.0 Å². The highest BCUT2D eigenvalue weighted by atomic mass is 19.1. The molecule has 0 aromatic carbocycles. The summed E-state index contributed by atoms with van der Waals surface area (Å²) in [6.45, 7) is 5.70. The van der Waals surface area contributed by atoms with Gasteiger partial charge in [0.2, 0.25) is 0 Å². The first-order valence-corrected chi connectivity index (χ1v) is 4.37. The Bertz CT molecular complexity index is 393. The van der Waals surface area contributed by atoms with Gasteiger partial charge in [-0.25, -0.2) is 9.37 Å². The van der Waals surface area contributed by atoms with Crippen LogP contribution in [0.3, 0.4) is 0 Å². The number of nitrogens with zero attached hydrogens (tertiary/aromatic N) is 1. The number of nitrogens with one attached hydrogen (secondary N) is 1. The molecule has 2 nitrogen and oxygen atoms in total. The Balaban J connectivity index is 0.000000396. The standard InChI is InChI=1S/C8H7FN2.C2H6/c1-5-4-11-8-6(7(5)9)2-3-10-8;1-2/h2-4H,1H3,(H,10,11);1-2H3. The van der Waals surface area contributed by atoms with Crippen molar-refractivity contribution in [1.29, 1.82) is 0 Å². The van der Waals surface area contributed by atoms with Gasteiger partial charge in [-0.2, -0.15) is 0 Å². The lowest BCUT2D eigenvalue weighted by molar-refractivity contribution is 0.629. The van der Waals surface area contributed by atoms with Crippen molar-refractivity contribution in [2.24, 2.45) is 0 Å². The smallest absolute Gasteiger partial charge is 0.140 e. The van der Waals surface area contributed by atoms with Gasteiger partial charge < -0.3 is 4.98 Å². The number of fused-ring (bicyclic) bond motifs is 1. The lowest BCUT2D eigenvalue weighted by Crippen LogP contribution is -1.85. The van der Waals surface area contributed by atoms with E-state index in [-0.39, 0.29) is 5.82 Å². The zero-order valence-corrected chi connectivity index (χ0v) is 8.06. The van der Waals surface area contributed by atoms with E-state index < -0.39 is 0 Å². The summed E-state index contributed by atoms with van der Waals surface area (Å²) < 4.78 is 13.2. The Morgan fingerprint density at radius 1 is 1.38 bits per heavy atom. The van der Waals surface area contributed by atoms with Gasteiger partial charge in [0, 0.05) is 18.0 Å². The van der Waals surface area contributed by atoms with Crippen molar-refractivity contribution in [1.82, 2.24) is 9.97 Å². The Morgan fingerprint density at radius 2 is 2.08 bits per heavy atom. The quantitative estimate of drug-likeness (QED) is 0.663. The minimum atomic E-state index is -0.184. The van der Waals surface area contributed by atoms with Crippen molar-refractivity contribution in [3.8, 4) is 0 Å². The molecule has 0 fully saturated rings. The van der Waals surface area contributed by atoms with Crippen molar-refractivity contribution in [2.75, 3.05) is 0 Å². The molecule has 0 unspecified atom stereocenters. The van der Waals surface area contributed by atoms with E-state index in [1.807, 2.05) is 13.8 Å². The molecule has 0 atom stereocenters. The summed E-state index contributed by atoms with van der Waals surface area (Å²) in [5.41, 5.74) is 1.19. The van der Waals surface area contributed by atoms with Crippen LogP contribution in [-0.2, 0) is 0 Å². The van der Waals surface area contributed by atoms with Crippen LogP contribution in [0, 0.1) is 12.7 Å². The summed E-state index contributed by atoms with van der Waals surface area (Å²) >= 11 is 0. The third kappa shape index (κ3) is 1.69. The summed E-state index contributed by atoms with van der Waals surface area (Å²) in [6, 6.07) is 1.69. The van der Waals surface area contributed by atoms with Crippen LogP contribution in [0.5, 0.6) is 0 Å². The van der Waals surface area contributed by atoms with Crippen molar-refractivity contribution in [3.05, 3.63) is 29.8 Å². The molecule has 0 aliphatic heterocycles. The van der Waals surface area contributed by atoms with E-state index in [1.165, 1.54) is 6.20 Å². The number of pyridine rings is 1. The molecule has 0 spiro atoms. The maximum atomic E-state index is 13.2. The minimum absolute atomic E-state index is 0.184. The molecule has 2 heterocycles. The molecule has 0 amide bonds. The first kappa shape index (κ1) is 9.71. The van der Waals surface area contributed by atoms with Crippen LogP contribution < -0.4 is 0 Å². The van der Waals surface area contributed by atoms with Crippen LogP contribution in [-0.4, -0.2) is 9.97 Å². The van der Waals surface area contributed by atoms with E-state index in [4.69, 9.17) is 0 Å². The van der Waals surface area contributed by atoms with Gasteiger partial charge in [0.15, 0.2) is 0 Å². The van der Waals surface area contributed by atoms with Crippen LogP contribution >= 0.6 is 0 Å². The predicted octanol–water partition coefficient (Wildman–Crippen LogP) is 3.04. The van der Waals surface area contributed by atoms with E-state index in [1.54, 1.807) is 19.2 Å². The van der Waals surface area contributed by atoms with E-state index in [0.717, 1.165) is 0 Å². The number of halogens is 1. The molecular formula is C10H13FN2. The second kappa shape index (κ2) is 4.03. The Morgan fingerprint density at radius 3 is 2.77 bits per heavy atom. The van der Waals surface area contributed by atoms with Crippen LogP contribution in [0.1, 0.15) is 19.4 Å². The van der Waals surface area contributed by atoms with E-state index in [2.05, 4.69) is 9.97 Å². The van der Waals surface area contributed by atoms with Gasteiger partial charge in [0.25, 0.3) is 0 Å². The summed E-state index contributed by atoms with van der Waals surface area (Å²) in [4.78, 5) is 6.84. The number of hydrogen-bond acceptors (Lipinski definition) is 1. The Labute approximate surface area is 76.8 Å². The fourth-order valence-corrected chi connectivity index (χ4v) is 1.08. The fourth-order valence-electron chi connectivity index (χ4n) is 1.08. The Kier molecular flexibility index (Phi) is 3.01. The third-order valence-corrected chi connectivity index (χ3v) is 1.70. The number of H-pyrrole nitrogens is 1. The molecule has 3 heteroatoms. The normalized spacial score (nSPS) is 9.54. The average molecular weight is 180 g/mol. The largest absolute Gasteiger partial charge is 0.346 e. The van der Waals surface area contributed by atoms with Crippen molar-refractivity contribution < 1.29 is 4.39 Å². The van der Waals surface area contributed by atoms with Gasteiger partial charge >= 0.3 is 0 Å². The van der Waals surface area contributed by atoms with Crippen LogP contribution in [0.25, 0.3) is 11.0 Å². The molecule has 2 aromatic heterocycles. The molecule has 0 aliphatic carbocycles. The molecule has 0 radical (unpaired) electrons. The number of aryl methyl sites for hydroxylation is 1. The lowest BCUT2D eigenvalue weighted by atomic mass is 10.2. The van der Waals surface area contributed by atoms with Crippen LogP contribution in [0.2, 0.25) is 0 Å². The first-order valence-electron chi connectivity index (χ1n) is 4.37. The van der Waals surface area contributed by atoms with E-state index in [0.29, 0.717) is 16.6 Å². The SMILES string of the molecule is CC.Cc1cnc2[nH]ccc2c1F. The molecular weight excluding hydrogens is 167 g/mol. The van der Waals surface area contributed by atoms with Gasteiger partial charge in [-0.15, -0.1) is 0 Å². The molecule has 0 saturated heterocycles. The highest BCUT2D eigenvalue weighted by Crippen LogP contribution is 2.16. The Hall–Kier alpha value is -1.38. The monoisotopic (exact) mass is 180 g/mol. The second-order valence-corrected chi connectivity index (χ2v) is 2.50. The molecule has 0 saturated carbocycles. The number of hydrogen-bond donors (Lipinski definition) is 1. The molecule has 13 heavy (non-hydrogen) atoms. The van der Waals surface area contributed by atoms with Crippen molar-refractivity contribution in [2.45, 2.75) is 20.8 Å². The van der Waals surface area contributed by atoms with Crippen LogP contribution in [0.15, 0.2) is 18.5 Å². The van der Waals surface area contributed by atoms with Gasteiger partial charge in [0.1, 0.15) is 11.5 Å². The summed E-state index contributed by atoms with van der Waals surface area (Å²) in [5, 5.41) is 0.560. The van der Waals surface area contributed by atoms with E-state index >= 15 is 0 Å². The van der Waals surface area contributed by atoms with Crippen LogP contribution in [0.4, 0.5) is 4.39 Å². The summed E-state index contributed by atoms with van der Waals surface area (Å²) in [7, 11) is 0. The molecule has 2 aromatic rings. The highest BCUT2D eigenvalue weighted by molar-refractivity contribution is 5.76. The average Bonchev–Trinajstić information content (AvgIpc) is 2.63. The number of rotatable bonds is 0. The third-order valence-electron chi connectivity index (χ3n) is 1.70. The summed E-state index contributed by atoms with van der Waals surface area (Å²) in [6.07, 6.45) is 3.20. The molecule has 70 valence electrons. The molecule has 0 aliphatic rings. The molecule has 1 N–H and O–H groups in total. The van der Waals surface area contributed by atoms with Gasteiger partial charge in [-0.3, -0.25) is 0 Å². The highest BCUT2D eigenvalue weighted by Gasteiger charge is 2.04. The van der Waals surface area contributed by atoms with E-state index in [9.17, 15) is 4.39 Å². The van der Waals surface area contributed by atoms with Crippen molar-refractivity contribution in [3.63, 3.8) is 0 Å². The maximum absolute atomic E-state index is 13.2. The topological polar surface area (TPSA) is 28.7 Å². The first-order chi connectivity index (χ1) is 6.29. The fraction of sp³-hybridized carbons (Fsp3) is 0.300. The number of aromatic nitrogens is 2. The van der Waals surface area contributed by atoms with Gasteiger partial charge in [-0.05, 0) is 13.0 Å². The van der Waals surface area contributed by atoms with Gasteiger partial charge in [-0.1, -0.05) is 13.8 Å². The lowest BCUT2D eigenvalue weighted by Gasteiger charge is -1.94. The summed E-state index contributed by atoms with van der Waals surface area (Å²) in [5.74, 6) is -0.184. The zero-order chi connectivity index (χ0) is 9.84. The zero-order valence-electron chi connectivity index (χ0n) is 8.06. The molecule has 2 rings (SSSR count).